The van der Waals surface area contributed by atoms with Crippen molar-refractivity contribution in [1.29, 1.82) is 0 Å². The third-order valence-electron chi connectivity index (χ3n) is 5.29. The summed E-state index contributed by atoms with van der Waals surface area (Å²) in [6, 6.07) is 9.99. The van der Waals surface area contributed by atoms with Gasteiger partial charge in [-0.1, -0.05) is 30.3 Å². The molecule has 7 heteroatoms. The molecule has 2 saturated heterocycles. The number of rotatable bonds is 3. The summed E-state index contributed by atoms with van der Waals surface area (Å²) >= 11 is 0. The summed E-state index contributed by atoms with van der Waals surface area (Å²) in [6.45, 7) is 1.28. The second kappa shape index (κ2) is 7.13. The molecule has 0 aliphatic carbocycles. The van der Waals surface area contributed by atoms with E-state index in [4.69, 9.17) is 5.11 Å². The van der Waals surface area contributed by atoms with Crippen molar-refractivity contribution in [3.63, 3.8) is 0 Å². The van der Waals surface area contributed by atoms with Gasteiger partial charge in [-0.05, 0) is 18.4 Å². The molecule has 3 atom stereocenters. The Morgan fingerprint density at radius 3 is 2.20 bits per heavy atom. The van der Waals surface area contributed by atoms with Crippen LogP contribution in [-0.4, -0.2) is 64.2 Å². The van der Waals surface area contributed by atoms with Gasteiger partial charge in [0.1, 0.15) is 0 Å². The van der Waals surface area contributed by atoms with Crippen LogP contribution in [0.15, 0.2) is 30.3 Å². The third kappa shape index (κ3) is 3.60. The van der Waals surface area contributed by atoms with Gasteiger partial charge in [0.05, 0.1) is 11.8 Å². The molecule has 2 heterocycles. The van der Waals surface area contributed by atoms with E-state index in [2.05, 4.69) is 0 Å². The molecule has 0 unspecified atom stereocenters. The highest BCUT2D eigenvalue weighted by atomic mass is 16.4. The van der Waals surface area contributed by atoms with Crippen LogP contribution in [0.3, 0.4) is 0 Å². The number of carboxylic acid groups (broad SMARTS) is 2. The van der Waals surface area contributed by atoms with Gasteiger partial charge in [-0.3, -0.25) is 9.59 Å². The van der Waals surface area contributed by atoms with Crippen LogP contribution in [-0.2, 0) is 9.59 Å². The number of amides is 2. The van der Waals surface area contributed by atoms with Crippen molar-refractivity contribution in [3.05, 3.63) is 35.9 Å². The number of carbonyl (C=O) groups is 3. The van der Waals surface area contributed by atoms with Gasteiger partial charge in [0.2, 0.25) is 5.91 Å². The van der Waals surface area contributed by atoms with Crippen molar-refractivity contribution >= 4 is 18.0 Å². The molecule has 2 amide bonds. The van der Waals surface area contributed by atoms with Crippen molar-refractivity contribution < 1.29 is 24.6 Å². The number of aliphatic carboxylic acids is 1. The smallest absolute Gasteiger partial charge is 0.407 e. The first-order chi connectivity index (χ1) is 12.0. The quantitative estimate of drug-likeness (QED) is 0.868. The Morgan fingerprint density at radius 1 is 0.880 bits per heavy atom. The minimum Gasteiger partial charge on any atom is -0.481 e. The Morgan fingerprint density at radius 2 is 1.56 bits per heavy atom. The predicted octanol–water partition coefficient (Wildman–Crippen LogP) is 1.70. The van der Waals surface area contributed by atoms with Crippen LogP contribution in [0.5, 0.6) is 0 Å². The number of nitrogens with zero attached hydrogens (tertiary/aromatic N) is 2. The summed E-state index contributed by atoms with van der Waals surface area (Å²) in [4.78, 5) is 38.3. The highest BCUT2D eigenvalue weighted by Crippen LogP contribution is 2.31. The lowest BCUT2D eigenvalue weighted by Gasteiger charge is -2.36. The Bertz CT molecular complexity index is 663. The molecule has 7 nitrogen and oxygen atoms in total. The summed E-state index contributed by atoms with van der Waals surface area (Å²) in [6.07, 6.45) is -0.0155. The fraction of sp³-hybridized carbons (Fsp3) is 0.500. The molecule has 1 aromatic rings. The highest BCUT2D eigenvalue weighted by molar-refractivity contribution is 5.86. The van der Waals surface area contributed by atoms with E-state index in [0.29, 0.717) is 13.1 Å². The van der Waals surface area contributed by atoms with Crippen LogP contribution in [0.2, 0.25) is 0 Å². The second-order valence-electron chi connectivity index (χ2n) is 6.75. The molecule has 2 aliphatic heterocycles. The van der Waals surface area contributed by atoms with Gasteiger partial charge in [0.25, 0.3) is 0 Å². The Hall–Kier alpha value is -2.57. The lowest BCUT2D eigenvalue weighted by Crippen LogP contribution is -2.51. The topological polar surface area (TPSA) is 98.1 Å². The molecule has 0 aromatic heterocycles. The lowest BCUT2D eigenvalue weighted by atomic mass is 9.84. The first-order valence-corrected chi connectivity index (χ1v) is 8.51. The van der Waals surface area contributed by atoms with Gasteiger partial charge in [0, 0.05) is 32.1 Å². The van der Waals surface area contributed by atoms with Crippen molar-refractivity contribution in [2.75, 3.05) is 26.2 Å². The fourth-order valence-corrected chi connectivity index (χ4v) is 3.86. The maximum atomic E-state index is 12.9. The molecule has 1 aromatic carbocycles. The number of benzene rings is 1. The van der Waals surface area contributed by atoms with E-state index in [1.54, 1.807) is 4.90 Å². The van der Waals surface area contributed by atoms with Crippen LogP contribution in [0.1, 0.15) is 24.3 Å². The summed E-state index contributed by atoms with van der Waals surface area (Å²) < 4.78 is 0. The van der Waals surface area contributed by atoms with Crippen LogP contribution in [0, 0.1) is 11.8 Å². The minimum atomic E-state index is -1.14. The Balaban J connectivity index is 1.68. The van der Waals surface area contributed by atoms with Crippen LogP contribution < -0.4 is 0 Å². The SMILES string of the molecule is O=C(O)[C@H]1CN(C(=O)O)CC[C@@H]1C(=O)N1CC[C@H](c2ccccc2)C1. The van der Waals surface area contributed by atoms with Crippen molar-refractivity contribution in [2.24, 2.45) is 11.8 Å². The first-order valence-electron chi connectivity index (χ1n) is 8.51. The molecule has 25 heavy (non-hydrogen) atoms. The van der Waals surface area contributed by atoms with E-state index in [-0.39, 0.29) is 31.3 Å². The monoisotopic (exact) mass is 346 g/mol. The van der Waals surface area contributed by atoms with Crippen LogP contribution >= 0.6 is 0 Å². The van der Waals surface area contributed by atoms with Crippen LogP contribution in [0.4, 0.5) is 4.79 Å². The molecular weight excluding hydrogens is 324 g/mol. The van der Waals surface area contributed by atoms with Gasteiger partial charge < -0.3 is 20.0 Å². The molecule has 134 valence electrons. The van der Waals surface area contributed by atoms with Crippen LogP contribution in [0.25, 0.3) is 0 Å². The predicted molar refractivity (Wildman–Crippen MR) is 89.2 cm³/mol. The highest BCUT2D eigenvalue weighted by Gasteiger charge is 2.42. The molecule has 3 rings (SSSR count). The van der Waals surface area contributed by atoms with Gasteiger partial charge >= 0.3 is 12.1 Å². The van der Waals surface area contributed by atoms with Gasteiger partial charge in [-0.15, -0.1) is 0 Å². The molecule has 0 saturated carbocycles. The Kier molecular flexibility index (Phi) is 4.92. The second-order valence-corrected chi connectivity index (χ2v) is 6.75. The van der Waals surface area contributed by atoms with Crippen molar-refractivity contribution in [1.82, 2.24) is 9.80 Å². The van der Waals surface area contributed by atoms with E-state index in [9.17, 15) is 19.5 Å². The molecule has 0 bridgehead atoms. The van der Waals surface area contributed by atoms with E-state index in [1.165, 1.54) is 5.56 Å². The summed E-state index contributed by atoms with van der Waals surface area (Å²) in [5, 5.41) is 18.5. The number of likely N-dealkylation sites (tertiary alicyclic amines) is 2. The van der Waals surface area contributed by atoms with Gasteiger partial charge in [0.15, 0.2) is 0 Å². The summed E-state index contributed by atoms with van der Waals surface area (Å²) in [5.74, 6) is -2.62. The first kappa shape index (κ1) is 17.3. The zero-order valence-corrected chi connectivity index (χ0v) is 13.9. The number of carbonyl (C=O) groups excluding carboxylic acids is 1. The lowest BCUT2D eigenvalue weighted by molar-refractivity contribution is -0.152. The van der Waals surface area contributed by atoms with Crippen molar-refractivity contribution in [3.8, 4) is 0 Å². The number of carboxylic acids is 1. The van der Waals surface area contributed by atoms with Gasteiger partial charge in [-0.25, -0.2) is 4.79 Å². The van der Waals surface area contributed by atoms with E-state index < -0.39 is 23.9 Å². The van der Waals surface area contributed by atoms with Gasteiger partial charge in [-0.2, -0.15) is 0 Å². The maximum Gasteiger partial charge on any atom is 0.407 e. The average Bonchev–Trinajstić information content (AvgIpc) is 3.11. The van der Waals surface area contributed by atoms with E-state index >= 15 is 0 Å². The zero-order valence-electron chi connectivity index (χ0n) is 13.9. The third-order valence-corrected chi connectivity index (χ3v) is 5.29. The molecule has 2 N–H and O–H groups in total. The number of hydrogen-bond acceptors (Lipinski definition) is 3. The minimum absolute atomic E-state index is 0.128. The Labute approximate surface area is 145 Å². The fourth-order valence-electron chi connectivity index (χ4n) is 3.86. The molecular formula is C18H22N2O5. The van der Waals surface area contributed by atoms with Crippen molar-refractivity contribution in [2.45, 2.75) is 18.8 Å². The normalized spacial score (nSPS) is 26.5. The standard InChI is InChI=1S/C18H22N2O5/c21-16(14-7-9-20(18(24)25)11-15(14)17(22)23)19-8-6-13(10-19)12-4-2-1-3-5-12/h1-5,13-15H,6-11H2,(H,22,23)(H,24,25)/t13-,14-,15-/m0/s1. The maximum absolute atomic E-state index is 12.9. The average molecular weight is 346 g/mol. The molecule has 0 spiro atoms. The molecule has 2 aliphatic rings. The number of piperidine rings is 1. The number of hydrogen-bond donors (Lipinski definition) is 2. The molecule has 2 fully saturated rings. The molecule has 0 radical (unpaired) electrons. The van der Waals surface area contributed by atoms with E-state index in [0.717, 1.165) is 11.3 Å². The summed E-state index contributed by atoms with van der Waals surface area (Å²) in [5.41, 5.74) is 1.19. The zero-order chi connectivity index (χ0) is 18.0. The summed E-state index contributed by atoms with van der Waals surface area (Å²) in [7, 11) is 0. The van der Waals surface area contributed by atoms with E-state index in [1.807, 2.05) is 30.3 Å². The largest absolute Gasteiger partial charge is 0.481 e.